The molecule has 5 N–H and O–H groups in total. The van der Waals surface area contributed by atoms with Crippen molar-refractivity contribution in [2.75, 3.05) is 60.6 Å². The Balaban J connectivity index is 1.38. The van der Waals surface area contributed by atoms with E-state index < -0.39 is 38.7 Å². The van der Waals surface area contributed by atoms with Gasteiger partial charge in [-0.15, -0.1) is 0 Å². The molecule has 3 aromatic rings. The number of hydrogen-bond acceptors (Lipinski definition) is 11. The molecule has 1 atom stereocenters. The molecular weight excluding hydrogens is 640 g/mol. The number of benzene rings is 3. The van der Waals surface area contributed by atoms with E-state index >= 15 is 0 Å². The molecule has 0 spiro atoms. The quantitative estimate of drug-likeness (QED) is 0.157. The van der Waals surface area contributed by atoms with Crippen LogP contribution in [0, 0.1) is 0 Å². The fraction of sp³-hybridized carbons (Fsp3) is 0.367. The number of rotatable bonds is 14. The third-order valence-electron chi connectivity index (χ3n) is 7.52. The minimum absolute atomic E-state index is 0.0111. The van der Waals surface area contributed by atoms with Gasteiger partial charge in [-0.2, -0.15) is 0 Å². The number of phenolic OH excluding ortho intramolecular Hbond substituents is 1. The Kier molecular flexibility index (Phi) is 10.9. The molecule has 0 aromatic heterocycles. The molecule has 0 saturated carbocycles. The van der Waals surface area contributed by atoms with Crippen molar-refractivity contribution >= 4 is 43.1 Å². The van der Waals surface area contributed by atoms with E-state index in [0.717, 1.165) is 29.1 Å². The van der Waals surface area contributed by atoms with Gasteiger partial charge in [0.05, 0.1) is 42.8 Å². The summed E-state index contributed by atoms with van der Waals surface area (Å²) in [6.07, 6.45) is 1.54. The van der Waals surface area contributed by atoms with Gasteiger partial charge in [-0.05, 0) is 66.9 Å². The molecule has 250 valence electrons. The second kappa shape index (κ2) is 14.5. The molecule has 1 heterocycles. The Hall–Kier alpha value is -4.25. The largest absolute Gasteiger partial charge is 0.506 e. The summed E-state index contributed by atoms with van der Waals surface area (Å²) in [4.78, 5) is 13.7. The third kappa shape index (κ3) is 8.51. The lowest BCUT2D eigenvalue weighted by Crippen LogP contribution is -2.43. The first-order chi connectivity index (χ1) is 21.7. The maximum atomic E-state index is 13.5. The number of ether oxygens (including phenoxy) is 2. The molecule has 0 bridgehead atoms. The van der Waals surface area contributed by atoms with E-state index in [-0.39, 0.29) is 40.4 Å². The molecule has 1 aliphatic rings. The van der Waals surface area contributed by atoms with Gasteiger partial charge in [-0.25, -0.2) is 16.8 Å². The van der Waals surface area contributed by atoms with Crippen molar-refractivity contribution in [1.82, 2.24) is 5.32 Å². The number of aliphatic carboxylic acids is 1. The van der Waals surface area contributed by atoms with Crippen LogP contribution in [0.5, 0.6) is 17.2 Å². The molecule has 46 heavy (non-hydrogen) atoms. The van der Waals surface area contributed by atoms with Crippen LogP contribution in [0.2, 0.25) is 0 Å². The number of piperidine rings is 1. The van der Waals surface area contributed by atoms with Gasteiger partial charge in [-0.3, -0.25) is 13.8 Å². The first kappa shape index (κ1) is 34.6. The van der Waals surface area contributed by atoms with E-state index in [9.17, 15) is 36.9 Å². The fourth-order valence-corrected chi connectivity index (χ4v) is 7.15. The zero-order chi connectivity index (χ0) is 33.6. The molecule has 0 amide bonds. The van der Waals surface area contributed by atoms with Gasteiger partial charge in [0.15, 0.2) is 11.5 Å². The van der Waals surface area contributed by atoms with E-state index in [1.165, 1.54) is 50.6 Å². The maximum absolute atomic E-state index is 13.5. The number of carbonyl (C=O) groups is 1. The highest BCUT2D eigenvalue weighted by Gasteiger charge is 2.29. The van der Waals surface area contributed by atoms with Gasteiger partial charge in [0.1, 0.15) is 12.3 Å². The number of hydrogen-bond donors (Lipinski definition) is 5. The number of carboxylic acid groups (broad SMARTS) is 1. The summed E-state index contributed by atoms with van der Waals surface area (Å²) < 4.78 is 63.6. The molecule has 16 heteroatoms. The topological polar surface area (TPSA) is 195 Å². The number of sulfonamides is 2. The van der Waals surface area contributed by atoms with E-state index in [1.54, 1.807) is 24.3 Å². The summed E-state index contributed by atoms with van der Waals surface area (Å²) in [6.45, 7) is 0.796. The Labute approximate surface area is 268 Å². The predicted octanol–water partition coefficient (Wildman–Crippen LogP) is 2.35. The zero-order valence-electron chi connectivity index (χ0n) is 25.6. The first-order valence-corrected chi connectivity index (χ1v) is 17.6. The number of nitrogens with zero attached hydrogens (tertiary/aromatic N) is 2. The van der Waals surface area contributed by atoms with Crippen molar-refractivity contribution in [2.24, 2.45) is 0 Å². The van der Waals surface area contributed by atoms with Crippen LogP contribution in [-0.2, 0) is 24.8 Å². The van der Waals surface area contributed by atoms with Gasteiger partial charge >= 0.3 is 5.97 Å². The molecule has 1 aliphatic heterocycles. The predicted molar refractivity (Wildman–Crippen MR) is 173 cm³/mol. The van der Waals surface area contributed by atoms with Gasteiger partial charge < -0.3 is 35.0 Å². The van der Waals surface area contributed by atoms with Crippen molar-refractivity contribution in [3.05, 3.63) is 66.2 Å². The Bertz CT molecular complexity index is 1740. The monoisotopic (exact) mass is 678 g/mol. The van der Waals surface area contributed by atoms with E-state index in [2.05, 4.69) is 14.9 Å². The van der Waals surface area contributed by atoms with Gasteiger partial charge in [0.25, 0.3) is 10.0 Å². The fourth-order valence-electron chi connectivity index (χ4n) is 5.15. The van der Waals surface area contributed by atoms with Crippen molar-refractivity contribution in [1.29, 1.82) is 0 Å². The highest BCUT2D eigenvalue weighted by Crippen LogP contribution is 2.33. The van der Waals surface area contributed by atoms with Crippen molar-refractivity contribution in [2.45, 2.75) is 29.9 Å². The van der Waals surface area contributed by atoms with Crippen LogP contribution >= 0.6 is 0 Å². The number of aromatic hydroxyl groups is 1. The molecule has 0 unspecified atom stereocenters. The highest BCUT2D eigenvalue weighted by molar-refractivity contribution is 7.93. The van der Waals surface area contributed by atoms with E-state index in [1.807, 2.05) is 0 Å². The first-order valence-electron chi connectivity index (χ1n) is 14.3. The molecule has 3 aromatic carbocycles. The minimum Gasteiger partial charge on any atom is -0.506 e. The molecule has 0 radical (unpaired) electrons. The number of methoxy groups -OCH3 is 2. The van der Waals surface area contributed by atoms with Crippen molar-refractivity contribution in [3.8, 4) is 17.2 Å². The van der Waals surface area contributed by atoms with Crippen molar-refractivity contribution < 1.29 is 46.4 Å². The summed E-state index contributed by atoms with van der Waals surface area (Å²) >= 11 is 0. The van der Waals surface area contributed by atoms with E-state index in [4.69, 9.17) is 9.47 Å². The number of carboxylic acids is 1. The molecule has 14 nitrogen and oxygen atoms in total. The van der Waals surface area contributed by atoms with Crippen molar-refractivity contribution in [3.63, 3.8) is 0 Å². The lowest BCUT2D eigenvalue weighted by atomic mass is 10.0. The smallest absolute Gasteiger partial charge is 0.324 e. The summed E-state index contributed by atoms with van der Waals surface area (Å²) in [6, 6.07) is 15.0. The Morgan fingerprint density at radius 1 is 0.978 bits per heavy atom. The van der Waals surface area contributed by atoms with Crippen LogP contribution in [0.4, 0.5) is 17.1 Å². The van der Waals surface area contributed by atoms with Crippen LogP contribution in [0.3, 0.4) is 0 Å². The number of phenols is 1. The van der Waals surface area contributed by atoms with Gasteiger partial charge in [0.2, 0.25) is 10.0 Å². The number of nitrogens with one attached hydrogen (secondary N) is 2. The second-order valence-electron chi connectivity index (χ2n) is 10.8. The molecular formula is C30H38N4O10S2. The lowest BCUT2D eigenvalue weighted by molar-refractivity contribution is -0.135. The van der Waals surface area contributed by atoms with Crippen LogP contribution < -0.4 is 28.7 Å². The number of anilines is 3. The average Bonchev–Trinajstić information content (AvgIpc) is 3.02. The van der Waals surface area contributed by atoms with Crippen LogP contribution in [-0.4, -0.2) is 90.8 Å². The molecule has 1 saturated heterocycles. The molecule has 0 aliphatic carbocycles. The zero-order valence-corrected chi connectivity index (χ0v) is 27.2. The Morgan fingerprint density at radius 3 is 2.22 bits per heavy atom. The van der Waals surface area contributed by atoms with Crippen LogP contribution in [0.15, 0.2) is 65.6 Å². The maximum Gasteiger partial charge on any atom is 0.324 e. The SMILES string of the molecule is COc1ccc(S(=O)(=O)N(CC(=O)O)c2ccc(N3CCC(NC[C@@H](O)c4ccc(O)c(NS(C)(=O)=O)c4)CC3)cc2)cc1OC. The van der Waals surface area contributed by atoms with Gasteiger partial charge in [0, 0.05) is 37.4 Å². The average molecular weight is 679 g/mol. The van der Waals surface area contributed by atoms with Gasteiger partial charge in [-0.1, -0.05) is 6.07 Å². The number of aliphatic hydroxyl groups is 1. The third-order valence-corrected chi connectivity index (χ3v) is 9.88. The lowest BCUT2D eigenvalue weighted by Gasteiger charge is -2.34. The normalized spacial score (nSPS) is 14.8. The summed E-state index contributed by atoms with van der Waals surface area (Å²) in [5, 5.41) is 33.5. The van der Waals surface area contributed by atoms with Crippen LogP contribution in [0.25, 0.3) is 0 Å². The highest BCUT2D eigenvalue weighted by atomic mass is 32.2. The minimum atomic E-state index is -4.27. The summed E-state index contributed by atoms with van der Waals surface area (Å²) in [5.74, 6) is -1.03. The second-order valence-corrected chi connectivity index (χ2v) is 14.4. The standard InChI is InChI=1S/C30H38N4O10S2/c1-43-28-11-9-24(17-29(28)44-2)46(41,42)34(19-30(37)38)23-7-5-22(6-8-23)33-14-12-21(13-15-33)31-18-27(36)20-4-10-26(35)25(16-20)32-45(3,39)40/h4-11,16-17,21,27,31-32,35-36H,12-15,18-19H2,1-3H3,(H,37,38)/t27-/m1/s1. The number of aliphatic hydroxyl groups excluding tert-OH is 1. The molecule has 1 fully saturated rings. The summed E-state index contributed by atoms with van der Waals surface area (Å²) in [7, 11) is -5.07. The van der Waals surface area contributed by atoms with E-state index in [0.29, 0.717) is 24.4 Å². The molecule has 4 rings (SSSR count). The summed E-state index contributed by atoms with van der Waals surface area (Å²) in [5.41, 5.74) is 1.47. The Morgan fingerprint density at radius 2 is 1.63 bits per heavy atom. The van der Waals surface area contributed by atoms with Crippen LogP contribution in [0.1, 0.15) is 24.5 Å².